The van der Waals surface area contributed by atoms with Gasteiger partial charge in [-0.3, -0.25) is 0 Å². The van der Waals surface area contributed by atoms with Gasteiger partial charge in [0.15, 0.2) is 5.82 Å². The monoisotopic (exact) mass is 398 g/mol. The first-order chi connectivity index (χ1) is 13.5. The normalized spacial score (nSPS) is 15.5. The molecule has 0 radical (unpaired) electrons. The molecule has 1 saturated heterocycles. The molecule has 0 aliphatic carbocycles. The second kappa shape index (κ2) is 7.65. The van der Waals surface area contributed by atoms with Crippen molar-refractivity contribution in [2.75, 3.05) is 31.1 Å². The maximum Gasteiger partial charge on any atom is 0.243 e. The summed E-state index contributed by atoms with van der Waals surface area (Å²) in [6.07, 6.45) is 0. The molecule has 1 aromatic heterocycles. The van der Waals surface area contributed by atoms with Crippen LogP contribution in [0.15, 0.2) is 71.6 Å². The second-order valence-corrected chi connectivity index (χ2v) is 8.43. The van der Waals surface area contributed by atoms with Crippen LogP contribution in [-0.2, 0) is 10.0 Å². The molecule has 8 heteroatoms. The van der Waals surface area contributed by atoms with Crippen LogP contribution in [0.5, 0.6) is 0 Å². The van der Waals surface area contributed by atoms with Crippen LogP contribution in [0.4, 0.5) is 10.2 Å². The summed E-state index contributed by atoms with van der Waals surface area (Å²) in [4.78, 5) is 2.32. The first-order valence-electron chi connectivity index (χ1n) is 8.94. The third kappa shape index (κ3) is 3.74. The van der Waals surface area contributed by atoms with E-state index in [-0.39, 0.29) is 5.82 Å². The molecule has 0 saturated carbocycles. The third-order valence-electron chi connectivity index (χ3n) is 4.73. The number of rotatable bonds is 4. The highest BCUT2D eigenvalue weighted by Gasteiger charge is 2.28. The van der Waals surface area contributed by atoms with Gasteiger partial charge in [0.25, 0.3) is 0 Å². The van der Waals surface area contributed by atoms with Gasteiger partial charge < -0.3 is 4.90 Å². The number of aromatic nitrogens is 2. The molecular formula is C20H19FN4O2S. The summed E-state index contributed by atoms with van der Waals surface area (Å²) in [5.74, 6) is 0.402. The Hall–Kier alpha value is -2.84. The predicted octanol–water partition coefficient (Wildman–Crippen LogP) is 2.79. The average Bonchev–Trinajstić information content (AvgIpc) is 2.75. The highest BCUT2D eigenvalue weighted by atomic mass is 32.2. The van der Waals surface area contributed by atoms with E-state index in [2.05, 4.69) is 10.2 Å². The first-order valence-corrected chi connectivity index (χ1v) is 10.4. The Bertz CT molecular complexity index is 1030. The van der Waals surface area contributed by atoms with Gasteiger partial charge in [0.2, 0.25) is 10.0 Å². The van der Waals surface area contributed by atoms with Crippen molar-refractivity contribution in [1.82, 2.24) is 14.5 Å². The van der Waals surface area contributed by atoms with E-state index in [0.29, 0.717) is 42.6 Å². The minimum atomic E-state index is -3.47. The van der Waals surface area contributed by atoms with Gasteiger partial charge in [-0.2, -0.15) is 4.31 Å². The number of hydrogen-bond acceptors (Lipinski definition) is 5. The number of hydrogen-bond donors (Lipinski definition) is 0. The third-order valence-corrected chi connectivity index (χ3v) is 6.65. The fourth-order valence-electron chi connectivity index (χ4n) is 3.17. The van der Waals surface area contributed by atoms with Crippen LogP contribution >= 0.6 is 0 Å². The molecule has 0 atom stereocenters. The fourth-order valence-corrected chi connectivity index (χ4v) is 4.61. The zero-order chi connectivity index (χ0) is 19.6. The summed E-state index contributed by atoms with van der Waals surface area (Å²) in [5, 5.41) is 8.48. The van der Waals surface area contributed by atoms with E-state index >= 15 is 0 Å². The largest absolute Gasteiger partial charge is 0.352 e. The summed E-state index contributed by atoms with van der Waals surface area (Å²) < 4.78 is 40.0. The van der Waals surface area contributed by atoms with Crippen molar-refractivity contribution in [2.45, 2.75) is 4.90 Å². The van der Waals surface area contributed by atoms with Gasteiger partial charge in [0.1, 0.15) is 5.82 Å². The Balaban J connectivity index is 1.43. The highest BCUT2D eigenvalue weighted by Crippen LogP contribution is 2.22. The number of anilines is 1. The fraction of sp³-hybridized carbons (Fsp3) is 0.200. The van der Waals surface area contributed by atoms with Gasteiger partial charge >= 0.3 is 0 Å². The smallest absolute Gasteiger partial charge is 0.243 e. The minimum absolute atomic E-state index is 0.295. The van der Waals surface area contributed by atoms with E-state index in [0.717, 1.165) is 5.56 Å². The molecule has 0 N–H and O–H groups in total. The molecule has 1 fully saturated rings. The number of halogens is 1. The van der Waals surface area contributed by atoms with Crippen molar-refractivity contribution in [3.05, 3.63) is 72.5 Å². The molecule has 1 aliphatic heterocycles. The summed E-state index contributed by atoms with van der Waals surface area (Å²) >= 11 is 0. The van der Waals surface area contributed by atoms with Crippen molar-refractivity contribution >= 4 is 15.8 Å². The van der Waals surface area contributed by atoms with Crippen LogP contribution < -0.4 is 4.90 Å². The molecular weight excluding hydrogens is 379 g/mol. The zero-order valence-corrected chi connectivity index (χ0v) is 15.9. The maximum atomic E-state index is 13.0. The van der Waals surface area contributed by atoms with Crippen molar-refractivity contribution in [2.24, 2.45) is 0 Å². The van der Waals surface area contributed by atoms with E-state index < -0.39 is 10.0 Å². The SMILES string of the molecule is O=S(=O)(c1ccccc1)N1CCN(c2ccc(-c3ccc(F)cc3)nn2)CC1. The number of nitrogens with zero attached hydrogens (tertiary/aromatic N) is 4. The summed E-state index contributed by atoms with van der Waals surface area (Å²) in [5.41, 5.74) is 1.45. The van der Waals surface area contributed by atoms with Gasteiger partial charge in [0.05, 0.1) is 10.6 Å². The van der Waals surface area contributed by atoms with E-state index in [1.54, 1.807) is 42.5 Å². The van der Waals surface area contributed by atoms with Gasteiger partial charge in [-0.25, -0.2) is 12.8 Å². The Labute approximate surface area is 163 Å². The second-order valence-electron chi connectivity index (χ2n) is 6.49. The molecule has 144 valence electrons. The lowest BCUT2D eigenvalue weighted by atomic mass is 10.1. The summed E-state index contributed by atoms with van der Waals surface area (Å²) in [7, 11) is -3.47. The van der Waals surface area contributed by atoms with Crippen LogP contribution in [0, 0.1) is 5.82 Å². The molecule has 0 unspecified atom stereocenters. The lowest BCUT2D eigenvalue weighted by molar-refractivity contribution is 0.383. The van der Waals surface area contributed by atoms with Crippen molar-refractivity contribution < 1.29 is 12.8 Å². The van der Waals surface area contributed by atoms with Gasteiger partial charge in [0, 0.05) is 31.7 Å². The first kappa shape index (κ1) is 18.5. The molecule has 0 bridgehead atoms. The lowest BCUT2D eigenvalue weighted by Crippen LogP contribution is -2.48. The van der Waals surface area contributed by atoms with Crippen LogP contribution in [0.1, 0.15) is 0 Å². The van der Waals surface area contributed by atoms with E-state index in [1.807, 2.05) is 17.0 Å². The zero-order valence-electron chi connectivity index (χ0n) is 15.1. The van der Waals surface area contributed by atoms with E-state index in [9.17, 15) is 12.8 Å². The number of piperazine rings is 1. The Morgan fingerprint density at radius 2 is 1.46 bits per heavy atom. The molecule has 4 rings (SSSR count). The molecule has 3 aromatic rings. The Kier molecular flexibility index (Phi) is 5.06. The number of sulfonamides is 1. The Morgan fingerprint density at radius 1 is 0.786 bits per heavy atom. The van der Waals surface area contributed by atoms with Gasteiger partial charge in [-0.1, -0.05) is 18.2 Å². The Morgan fingerprint density at radius 3 is 2.07 bits per heavy atom. The van der Waals surface area contributed by atoms with Crippen LogP contribution in [0.25, 0.3) is 11.3 Å². The van der Waals surface area contributed by atoms with Crippen molar-refractivity contribution in [1.29, 1.82) is 0 Å². The minimum Gasteiger partial charge on any atom is -0.352 e. The average molecular weight is 398 g/mol. The molecule has 2 aromatic carbocycles. The predicted molar refractivity (Wildman–Crippen MR) is 105 cm³/mol. The summed E-state index contributed by atoms with van der Waals surface area (Å²) in [6.45, 7) is 1.85. The molecule has 1 aliphatic rings. The van der Waals surface area contributed by atoms with Crippen LogP contribution in [0.2, 0.25) is 0 Å². The molecule has 0 spiro atoms. The molecule has 2 heterocycles. The standard InChI is InChI=1S/C20H19FN4O2S/c21-17-8-6-16(7-9-17)19-10-11-20(23-22-19)24-12-14-25(15-13-24)28(26,27)18-4-2-1-3-5-18/h1-11H,12-15H2. The molecule has 6 nitrogen and oxygen atoms in total. The topological polar surface area (TPSA) is 66.4 Å². The van der Waals surface area contributed by atoms with E-state index in [1.165, 1.54) is 16.4 Å². The quantitative estimate of drug-likeness (QED) is 0.676. The van der Waals surface area contributed by atoms with Crippen LogP contribution in [0.3, 0.4) is 0 Å². The highest BCUT2D eigenvalue weighted by molar-refractivity contribution is 7.89. The van der Waals surface area contributed by atoms with Crippen molar-refractivity contribution in [3.8, 4) is 11.3 Å². The molecule has 0 amide bonds. The van der Waals surface area contributed by atoms with Crippen LogP contribution in [-0.4, -0.2) is 49.1 Å². The number of benzene rings is 2. The van der Waals surface area contributed by atoms with Gasteiger partial charge in [-0.15, -0.1) is 10.2 Å². The lowest BCUT2D eigenvalue weighted by Gasteiger charge is -2.34. The van der Waals surface area contributed by atoms with E-state index in [4.69, 9.17) is 0 Å². The maximum absolute atomic E-state index is 13.0. The molecule has 28 heavy (non-hydrogen) atoms. The van der Waals surface area contributed by atoms with Crippen molar-refractivity contribution in [3.63, 3.8) is 0 Å². The summed E-state index contributed by atoms with van der Waals surface area (Å²) in [6, 6.07) is 18.2. The van der Waals surface area contributed by atoms with Gasteiger partial charge in [-0.05, 0) is 48.5 Å².